The third kappa shape index (κ3) is 5.02. The van der Waals surface area contributed by atoms with Gasteiger partial charge in [0.05, 0.1) is 0 Å². The number of hydrogen-bond donors (Lipinski definition) is 0. The molecular formula is C34H34BrN. The number of para-hydroxylation sites is 1. The van der Waals surface area contributed by atoms with E-state index in [0.29, 0.717) is 0 Å². The van der Waals surface area contributed by atoms with E-state index in [9.17, 15) is 0 Å². The van der Waals surface area contributed by atoms with Gasteiger partial charge in [0, 0.05) is 21.5 Å². The molecule has 4 bridgehead atoms. The zero-order valence-electron chi connectivity index (χ0n) is 20.9. The topological polar surface area (TPSA) is 3.24 Å². The van der Waals surface area contributed by atoms with E-state index >= 15 is 0 Å². The maximum Gasteiger partial charge on any atom is 0.0496 e. The second-order valence-electron chi connectivity index (χ2n) is 10.5. The summed E-state index contributed by atoms with van der Waals surface area (Å²) in [6.45, 7) is 0. The maximum absolute atomic E-state index is 3.81. The van der Waals surface area contributed by atoms with Crippen LogP contribution in [0.3, 0.4) is 0 Å². The van der Waals surface area contributed by atoms with Gasteiger partial charge in [0.1, 0.15) is 0 Å². The number of aryl methyl sites for hydroxylation is 4. The number of benzene rings is 4. The average Bonchev–Trinajstić information content (AvgIpc) is 2.92. The summed E-state index contributed by atoms with van der Waals surface area (Å²) in [5.41, 5.74) is 10.9. The molecule has 0 aliphatic heterocycles. The van der Waals surface area contributed by atoms with Crippen molar-refractivity contribution >= 4 is 33.0 Å². The summed E-state index contributed by atoms with van der Waals surface area (Å²) in [4.78, 5) is 2.48. The Morgan fingerprint density at radius 3 is 1.94 bits per heavy atom. The third-order valence-corrected chi connectivity index (χ3v) is 8.85. The number of nitrogens with zero attached hydrogens (tertiary/aromatic N) is 1. The average molecular weight is 537 g/mol. The van der Waals surface area contributed by atoms with Gasteiger partial charge in [-0.1, -0.05) is 89.8 Å². The molecule has 0 radical (unpaired) electrons. The zero-order chi connectivity index (χ0) is 24.3. The van der Waals surface area contributed by atoms with Crippen molar-refractivity contribution in [3.05, 3.63) is 123 Å². The Morgan fingerprint density at radius 2 is 1.22 bits per heavy atom. The largest absolute Gasteiger partial charge is 0.310 e. The Balaban J connectivity index is 1.41. The van der Waals surface area contributed by atoms with E-state index in [1.807, 2.05) is 0 Å². The summed E-state index contributed by atoms with van der Waals surface area (Å²) in [5, 5.41) is 0. The maximum atomic E-state index is 3.81. The highest BCUT2D eigenvalue weighted by Crippen LogP contribution is 2.40. The van der Waals surface area contributed by atoms with Gasteiger partial charge in [0.15, 0.2) is 0 Å². The molecule has 36 heavy (non-hydrogen) atoms. The molecule has 1 nitrogen and oxygen atoms in total. The summed E-state index contributed by atoms with van der Waals surface area (Å²) < 4.78 is 1.25. The van der Waals surface area contributed by atoms with E-state index in [0.717, 1.165) is 31.6 Å². The number of hydrogen-bond acceptors (Lipinski definition) is 1. The predicted octanol–water partition coefficient (Wildman–Crippen LogP) is 9.85. The van der Waals surface area contributed by atoms with Crippen LogP contribution in [0, 0.1) is 0 Å². The van der Waals surface area contributed by atoms with E-state index in [1.165, 1.54) is 81.5 Å². The Kier molecular flexibility index (Phi) is 6.96. The van der Waals surface area contributed by atoms with Crippen LogP contribution in [0.2, 0.25) is 0 Å². The number of anilines is 3. The van der Waals surface area contributed by atoms with Crippen molar-refractivity contribution in [3.63, 3.8) is 0 Å². The summed E-state index contributed by atoms with van der Waals surface area (Å²) in [5.74, 6) is 0.729. The van der Waals surface area contributed by atoms with Crippen molar-refractivity contribution in [2.24, 2.45) is 0 Å². The Hall–Kier alpha value is -2.84. The highest BCUT2D eigenvalue weighted by Gasteiger charge is 2.20. The molecule has 0 aromatic heterocycles. The molecule has 5 aliphatic rings. The number of halogens is 1. The Bertz CT molecular complexity index is 1320. The monoisotopic (exact) mass is 535 g/mol. The van der Waals surface area contributed by atoms with Gasteiger partial charge in [0.2, 0.25) is 0 Å². The van der Waals surface area contributed by atoms with Crippen LogP contribution in [0.15, 0.2) is 95.5 Å². The van der Waals surface area contributed by atoms with Gasteiger partial charge in [-0.05, 0) is 109 Å². The van der Waals surface area contributed by atoms with E-state index < -0.39 is 0 Å². The van der Waals surface area contributed by atoms with E-state index in [-0.39, 0.29) is 0 Å². The molecule has 0 amide bonds. The number of rotatable bonds is 4. The van der Waals surface area contributed by atoms with Crippen molar-refractivity contribution in [2.45, 2.75) is 63.7 Å². The first-order valence-electron chi connectivity index (χ1n) is 13.6. The molecule has 5 aliphatic carbocycles. The molecule has 1 saturated carbocycles. The van der Waals surface area contributed by atoms with Gasteiger partial charge in [0.25, 0.3) is 0 Å². The molecule has 4 aromatic rings. The van der Waals surface area contributed by atoms with Gasteiger partial charge >= 0.3 is 0 Å². The first-order chi connectivity index (χ1) is 17.7. The van der Waals surface area contributed by atoms with E-state index in [4.69, 9.17) is 0 Å². The molecule has 182 valence electrons. The normalized spacial score (nSPS) is 15.9. The molecule has 0 saturated heterocycles. The lowest BCUT2D eigenvalue weighted by molar-refractivity contribution is 0.443. The van der Waals surface area contributed by atoms with Gasteiger partial charge in [-0.3, -0.25) is 0 Å². The van der Waals surface area contributed by atoms with Crippen LogP contribution < -0.4 is 4.90 Å². The van der Waals surface area contributed by atoms with Crippen LogP contribution >= 0.6 is 15.9 Å². The van der Waals surface area contributed by atoms with Crippen molar-refractivity contribution in [2.75, 3.05) is 4.90 Å². The van der Waals surface area contributed by atoms with Gasteiger partial charge in [-0.25, -0.2) is 0 Å². The SMILES string of the molecule is Brc1cc2ccc1CCc1ccc(c(N(c3ccccc3)c3ccc(C4CCCCC4)cc3)c1)CC2. The van der Waals surface area contributed by atoms with Crippen molar-refractivity contribution in [1.82, 2.24) is 0 Å². The molecule has 1 fully saturated rings. The molecule has 9 rings (SSSR count). The molecule has 2 heteroatoms. The lowest BCUT2D eigenvalue weighted by Gasteiger charge is -2.29. The van der Waals surface area contributed by atoms with Crippen LogP contribution in [0.4, 0.5) is 17.1 Å². The van der Waals surface area contributed by atoms with Crippen LogP contribution in [0.1, 0.15) is 65.8 Å². The quantitative estimate of drug-likeness (QED) is 0.251. The van der Waals surface area contributed by atoms with Crippen LogP contribution in [0.25, 0.3) is 0 Å². The Labute approximate surface area is 224 Å². The summed E-state index contributed by atoms with van der Waals surface area (Å²) >= 11 is 3.81. The molecule has 0 heterocycles. The van der Waals surface area contributed by atoms with Crippen molar-refractivity contribution in [1.29, 1.82) is 0 Å². The van der Waals surface area contributed by atoms with Crippen LogP contribution in [0.5, 0.6) is 0 Å². The Morgan fingerprint density at radius 1 is 0.583 bits per heavy atom. The summed E-state index contributed by atoms with van der Waals surface area (Å²) in [6, 6.07) is 34.5. The lowest BCUT2D eigenvalue weighted by atomic mass is 9.84. The molecule has 0 atom stereocenters. The van der Waals surface area contributed by atoms with Crippen LogP contribution in [-0.4, -0.2) is 0 Å². The summed E-state index contributed by atoms with van der Waals surface area (Å²) in [7, 11) is 0. The van der Waals surface area contributed by atoms with E-state index in [2.05, 4.69) is 112 Å². The van der Waals surface area contributed by atoms with Gasteiger partial charge < -0.3 is 4.90 Å². The molecule has 4 aromatic carbocycles. The molecule has 0 unspecified atom stereocenters. The van der Waals surface area contributed by atoms with Gasteiger partial charge in [-0.2, -0.15) is 0 Å². The fraction of sp³-hybridized carbons (Fsp3) is 0.294. The highest BCUT2D eigenvalue weighted by atomic mass is 79.9. The lowest BCUT2D eigenvalue weighted by Crippen LogP contribution is -2.14. The predicted molar refractivity (Wildman–Crippen MR) is 156 cm³/mol. The van der Waals surface area contributed by atoms with Crippen LogP contribution in [-0.2, 0) is 25.7 Å². The minimum absolute atomic E-state index is 0.729. The second-order valence-corrected chi connectivity index (χ2v) is 11.3. The van der Waals surface area contributed by atoms with Crippen molar-refractivity contribution < 1.29 is 0 Å². The zero-order valence-corrected chi connectivity index (χ0v) is 22.5. The summed E-state index contributed by atoms with van der Waals surface area (Å²) in [6.07, 6.45) is 11.0. The first-order valence-corrected chi connectivity index (χ1v) is 14.4. The minimum Gasteiger partial charge on any atom is -0.310 e. The minimum atomic E-state index is 0.729. The molecule has 0 N–H and O–H groups in total. The van der Waals surface area contributed by atoms with Crippen molar-refractivity contribution in [3.8, 4) is 0 Å². The smallest absolute Gasteiger partial charge is 0.0496 e. The van der Waals surface area contributed by atoms with E-state index in [1.54, 1.807) is 0 Å². The fourth-order valence-corrected chi connectivity index (χ4v) is 6.65. The molecular weight excluding hydrogens is 502 g/mol. The van der Waals surface area contributed by atoms with Gasteiger partial charge in [-0.15, -0.1) is 0 Å². The second kappa shape index (κ2) is 10.6. The fourth-order valence-electron chi connectivity index (χ4n) is 6.03. The third-order valence-electron chi connectivity index (χ3n) is 8.12. The highest BCUT2D eigenvalue weighted by molar-refractivity contribution is 9.10. The standard InChI is InChI=1S/C34H34BrN/c35-33-23-25-11-15-29(33)16-12-26-14-18-30(17-13-25)34(24-26)36(31-9-5-2-6-10-31)32-21-19-28(20-22-32)27-7-3-1-4-8-27/h2,5-6,9-11,14-15,18-24,27H,1,3-4,7-8,12-13,16-17H2. The first kappa shape index (κ1) is 23.6. The molecule has 0 spiro atoms.